The Kier molecular flexibility index (Phi) is 11.3. The summed E-state index contributed by atoms with van der Waals surface area (Å²) in [4.78, 5) is 66.2. The molecule has 3 amide bonds. The molecule has 1 rings (SSSR count). The smallest absolute Gasteiger partial charge is 0.328 e. The van der Waals surface area contributed by atoms with Gasteiger partial charge in [-0.15, -0.1) is 0 Å². The van der Waals surface area contributed by atoms with E-state index in [1.165, 1.54) is 12.5 Å². The summed E-state index contributed by atoms with van der Waals surface area (Å²) in [6.07, 6.45) is 0.677. The second kappa shape index (κ2) is 13.4. The molecule has 9 N–H and O–H groups in total. The molecule has 0 bridgehead atoms. The highest BCUT2D eigenvalue weighted by Gasteiger charge is 2.31. The van der Waals surface area contributed by atoms with Crippen molar-refractivity contribution in [2.45, 2.75) is 56.5 Å². The minimum Gasteiger partial charge on any atom is -0.481 e. The van der Waals surface area contributed by atoms with E-state index in [1.807, 2.05) is 0 Å². The van der Waals surface area contributed by atoms with Crippen molar-refractivity contribution >= 4 is 42.3 Å². The molecule has 0 saturated carbocycles. The summed E-state index contributed by atoms with van der Waals surface area (Å²) in [5.41, 5.74) is 6.43. The first kappa shape index (κ1) is 27.9. The molecule has 0 aromatic carbocycles. The Morgan fingerprint density at radius 2 is 1.70 bits per heavy atom. The average molecular weight is 489 g/mol. The number of amides is 3. The van der Waals surface area contributed by atoms with Crippen LogP contribution in [0.5, 0.6) is 0 Å². The van der Waals surface area contributed by atoms with E-state index in [4.69, 9.17) is 15.9 Å². The average Bonchev–Trinajstić information content (AvgIpc) is 3.24. The van der Waals surface area contributed by atoms with E-state index < -0.39 is 66.4 Å². The minimum absolute atomic E-state index is 0.117. The van der Waals surface area contributed by atoms with Crippen molar-refractivity contribution in [1.82, 2.24) is 25.9 Å². The second-order valence-electron chi connectivity index (χ2n) is 7.19. The first-order chi connectivity index (χ1) is 15.5. The Labute approximate surface area is 194 Å². The fraction of sp³-hybridized carbons (Fsp3) is 0.556. The lowest BCUT2D eigenvalue weighted by Crippen LogP contribution is -2.58. The van der Waals surface area contributed by atoms with Crippen LogP contribution in [0.1, 0.15) is 25.5 Å². The van der Waals surface area contributed by atoms with Crippen LogP contribution in [0.15, 0.2) is 12.5 Å². The molecule has 0 radical (unpaired) electrons. The van der Waals surface area contributed by atoms with Crippen molar-refractivity contribution < 1.29 is 39.3 Å². The summed E-state index contributed by atoms with van der Waals surface area (Å²) in [6, 6.07) is -5.37. The SMILES string of the molecule is CC(O)C(NC(=O)C(CCC(=O)O)NC(=O)C(CS)NC(=O)C(N)Cc1cnc[nH]1)C(=O)O. The van der Waals surface area contributed by atoms with Crippen LogP contribution >= 0.6 is 12.6 Å². The minimum atomic E-state index is -1.68. The van der Waals surface area contributed by atoms with Gasteiger partial charge in [-0.2, -0.15) is 12.6 Å². The first-order valence-corrected chi connectivity index (χ1v) is 10.5. The van der Waals surface area contributed by atoms with Crippen LogP contribution in [0.3, 0.4) is 0 Å². The molecule has 1 aromatic rings. The van der Waals surface area contributed by atoms with Crippen LogP contribution < -0.4 is 21.7 Å². The molecule has 14 nitrogen and oxygen atoms in total. The van der Waals surface area contributed by atoms with Gasteiger partial charge in [-0.25, -0.2) is 9.78 Å². The molecule has 33 heavy (non-hydrogen) atoms. The number of rotatable bonds is 14. The van der Waals surface area contributed by atoms with Gasteiger partial charge in [-0.3, -0.25) is 19.2 Å². The van der Waals surface area contributed by atoms with Crippen LogP contribution in [-0.4, -0.2) is 91.0 Å². The van der Waals surface area contributed by atoms with Gasteiger partial charge in [0.15, 0.2) is 6.04 Å². The van der Waals surface area contributed by atoms with Crippen LogP contribution in [-0.2, 0) is 30.4 Å². The van der Waals surface area contributed by atoms with E-state index in [0.717, 1.165) is 6.92 Å². The maximum Gasteiger partial charge on any atom is 0.328 e. The van der Waals surface area contributed by atoms with Crippen molar-refractivity contribution in [2.24, 2.45) is 5.73 Å². The lowest BCUT2D eigenvalue weighted by Gasteiger charge is -2.25. The maximum atomic E-state index is 12.6. The number of carboxylic acid groups (broad SMARTS) is 2. The summed E-state index contributed by atoms with van der Waals surface area (Å²) in [7, 11) is 0. The Hall–Kier alpha value is -3.17. The highest BCUT2D eigenvalue weighted by Crippen LogP contribution is 2.04. The van der Waals surface area contributed by atoms with E-state index >= 15 is 0 Å². The summed E-state index contributed by atoms with van der Waals surface area (Å²) in [5.74, 6) is -5.50. The molecule has 5 atom stereocenters. The van der Waals surface area contributed by atoms with Gasteiger partial charge in [0.05, 0.1) is 18.5 Å². The maximum absolute atomic E-state index is 12.6. The Morgan fingerprint density at radius 3 is 2.18 bits per heavy atom. The standard InChI is InChI=1S/C18H28N6O8S/c1-8(25)14(18(31)32)24-16(29)11(2-3-13(26)27)22-17(30)12(6-33)23-15(28)10(19)4-9-5-20-7-21-9/h5,7-8,10-12,14,25,33H,2-4,6,19H2,1H3,(H,20,21)(H,22,30)(H,23,28)(H,24,29)(H,26,27)(H,31,32). The number of carbonyl (C=O) groups excluding carboxylic acids is 3. The van der Waals surface area contributed by atoms with Crippen LogP contribution in [0.25, 0.3) is 0 Å². The lowest BCUT2D eigenvalue weighted by molar-refractivity contribution is -0.145. The molecule has 1 aromatic heterocycles. The van der Waals surface area contributed by atoms with Gasteiger partial charge in [-0.05, 0) is 13.3 Å². The molecule has 5 unspecified atom stereocenters. The van der Waals surface area contributed by atoms with Crippen LogP contribution in [0.4, 0.5) is 0 Å². The lowest BCUT2D eigenvalue weighted by atomic mass is 10.1. The Balaban J connectivity index is 2.84. The molecule has 0 aliphatic carbocycles. The number of nitrogens with zero attached hydrogens (tertiary/aromatic N) is 1. The highest BCUT2D eigenvalue weighted by molar-refractivity contribution is 7.80. The van der Waals surface area contributed by atoms with Gasteiger partial charge in [0.1, 0.15) is 12.1 Å². The number of imidazole rings is 1. The van der Waals surface area contributed by atoms with Gasteiger partial charge in [0.2, 0.25) is 17.7 Å². The zero-order valence-corrected chi connectivity index (χ0v) is 18.6. The number of aromatic nitrogens is 2. The number of aromatic amines is 1. The number of aliphatic hydroxyl groups excluding tert-OH is 1. The number of hydrogen-bond acceptors (Lipinski definition) is 9. The van der Waals surface area contributed by atoms with Crippen molar-refractivity contribution in [3.05, 3.63) is 18.2 Å². The third-order valence-corrected chi connectivity index (χ3v) is 4.84. The number of aliphatic hydroxyl groups is 1. The van der Waals surface area contributed by atoms with Crippen molar-refractivity contribution in [2.75, 3.05) is 5.75 Å². The molecular weight excluding hydrogens is 460 g/mol. The molecule has 0 fully saturated rings. The summed E-state index contributed by atoms with van der Waals surface area (Å²) < 4.78 is 0. The molecule has 15 heteroatoms. The van der Waals surface area contributed by atoms with E-state index in [1.54, 1.807) is 0 Å². The highest BCUT2D eigenvalue weighted by atomic mass is 32.1. The molecule has 0 aliphatic rings. The fourth-order valence-corrected chi connectivity index (χ4v) is 2.91. The van der Waals surface area contributed by atoms with Gasteiger partial charge in [0, 0.05) is 30.5 Å². The molecule has 0 aliphatic heterocycles. The molecular formula is C18H28N6O8S. The summed E-state index contributed by atoms with van der Waals surface area (Å²) in [5, 5.41) is 34.3. The van der Waals surface area contributed by atoms with E-state index in [-0.39, 0.29) is 18.6 Å². The van der Waals surface area contributed by atoms with Gasteiger partial charge < -0.3 is 42.0 Å². The van der Waals surface area contributed by atoms with Gasteiger partial charge in [0.25, 0.3) is 0 Å². The fourth-order valence-electron chi connectivity index (χ4n) is 2.65. The Bertz CT molecular complexity index is 834. The third kappa shape index (κ3) is 9.46. The zero-order chi connectivity index (χ0) is 25.1. The predicted octanol–water partition coefficient (Wildman–Crippen LogP) is -3.01. The molecule has 0 spiro atoms. The molecule has 184 valence electrons. The normalized spacial score (nSPS) is 15.4. The number of thiol groups is 1. The second-order valence-corrected chi connectivity index (χ2v) is 7.56. The van der Waals surface area contributed by atoms with Crippen molar-refractivity contribution in [3.63, 3.8) is 0 Å². The van der Waals surface area contributed by atoms with Crippen LogP contribution in [0, 0.1) is 0 Å². The van der Waals surface area contributed by atoms with Crippen molar-refractivity contribution in [3.8, 4) is 0 Å². The largest absolute Gasteiger partial charge is 0.481 e. The quantitative estimate of drug-likeness (QED) is 0.120. The first-order valence-electron chi connectivity index (χ1n) is 9.83. The van der Waals surface area contributed by atoms with E-state index in [2.05, 4.69) is 38.5 Å². The summed E-state index contributed by atoms with van der Waals surface area (Å²) in [6.45, 7) is 1.14. The number of H-pyrrole nitrogens is 1. The zero-order valence-electron chi connectivity index (χ0n) is 17.7. The topological polar surface area (TPSA) is 237 Å². The van der Waals surface area contributed by atoms with E-state index in [0.29, 0.717) is 5.69 Å². The third-order valence-electron chi connectivity index (χ3n) is 4.47. The predicted molar refractivity (Wildman–Crippen MR) is 116 cm³/mol. The van der Waals surface area contributed by atoms with Crippen LogP contribution in [0.2, 0.25) is 0 Å². The molecule has 1 heterocycles. The Morgan fingerprint density at radius 1 is 1.09 bits per heavy atom. The number of nitrogens with two attached hydrogens (primary N) is 1. The van der Waals surface area contributed by atoms with Gasteiger partial charge >= 0.3 is 11.9 Å². The number of hydrogen-bond donors (Lipinski definition) is 9. The van der Waals surface area contributed by atoms with E-state index in [9.17, 15) is 29.1 Å². The summed E-state index contributed by atoms with van der Waals surface area (Å²) >= 11 is 4.02. The monoisotopic (exact) mass is 488 g/mol. The number of carboxylic acids is 2. The van der Waals surface area contributed by atoms with Gasteiger partial charge in [-0.1, -0.05) is 0 Å². The number of nitrogens with one attached hydrogen (secondary N) is 4. The number of carbonyl (C=O) groups is 5. The van der Waals surface area contributed by atoms with Crippen molar-refractivity contribution in [1.29, 1.82) is 0 Å². The number of aliphatic carboxylic acids is 2. The molecule has 0 saturated heterocycles.